The largest absolute Gasteiger partial charge is 0.371 e. The molecule has 0 unspecified atom stereocenters. The van der Waals surface area contributed by atoms with Gasteiger partial charge in [0.25, 0.3) is 5.91 Å². The molecule has 0 spiro atoms. The molecule has 0 bridgehead atoms. The number of piperidine rings is 1. The molecule has 4 rings (SSSR count). The van der Waals surface area contributed by atoms with E-state index >= 15 is 0 Å². The third-order valence-electron chi connectivity index (χ3n) is 6.09. The Morgan fingerprint density at radius 3 is 2.55 bits per heavy atom. The van der Waals surface area contributed by atoms with E-state index in [0.29, 0.717) is 24.6 Å². The Balaban J connectivity index is 1.47. The van der Waals surface area contributed by atoms with E-state index in [1.165, 1.54) is 37.1 Å². The van der Waals surface area contributed by atoms with E-state index in [4.69, 9.17) is 0 Å². The molecular formula is C24H31N3O3S. The second kappa shape index (κ2) is 9.40. The van der Waals surface area contributed by atoms with Crippen LogP contribution in [0.25, 0.3) is 0 Å². The summed E-state index contributed by atoms with van der Waals surface area (Å²) < 4.78 is 27.8. The molecule has 1 aliphatic heterocycles. The summed E-state index contributed by atoms with van der Waals surface area (Å²) >= 11 is 0. The summed E-state index contributed by atoms with van der Waals surface area (Å²) in [6, 6.07) is 14.6. The smallest absolute Gasteiger partial charge is 0.253 e. The first kappa shape index (κ1) is 21.8. The number of sulfonamides is 1. The van der Waals surface area contributed by atoms with Crippen molar-refractivity contribution in [2.75, 3.05) is 31.6 Å². The van der Waals surface area contributed by atoms with Crippen LogP contribution in [-0.2, 0) is 16.6 Å². The van der Waals surface area contributed by atoms with Crippen LogP contribution in [0.2, 0.25) is 0 Å². The molecule has 6 nitrogen and oxygen atoms in total. The van der Waals surface area contributed by atoms with Crippen LogP contribution >= 0.6 is 0 Å². The fourth-order valence-corrected chi connectivity index (χ4v) is 5.23. The Morgan fingerprint density at radius 2 is 1.81 bits per heavy atom. The number of nitrogens with one attached hydrogen (secondary N) is 1. The summed E-state index contributed by atoms with van der Waals surface area (Å²) in [4.78, 5) is 17.3. The molecule has 1 saturated carbocycles. The molecule has 2 aliphatic rings. The first-order chi connectivity index (χ1) is 14.9. The van der Waals surface area contributed by atoms with Crippen LogP contribution < -0.4 is 9.62 Å². The van der Waals surface area contributed by atoms with Gasteiger partial charge in [-0.05, 0) is 67.9 Å². The number of nitrogens with zero attached hydrogens (tertiary/aromatic N) is 2. The minimum absolute atomic E-state index is 0.140. The van der Waals surface area contributed by atoms with Crippen molar-refractivity contribution in [3.63, 3.8) is 0 Å². The highest BCUT2D eigenvalue weighted by Crippen LogP contribution is 2.28. The van der Waals surface area contributed by atoms with Gasteiger partial charge in [0.15, 0.2) is 0 Å². The minimum Gasteiger partial charge on any atom is -0.371 e. The highest BCUT2D eigenvalue weighted by atomic mass is 32.2. The van der Waals surface area contributed by atoms with E-state index in [9.17, 15) is 13.2 Å². The zero-order valence-corrected chi connectivity index (χ0v) is 18.9. The molecule has 2 aromatic rings. The molecule has 166 valence electrons. The van der Waals surface area contributed by atoms with Gasteiger partial charge in [-0.15, -0.1) is 0 Å². The highest BCUT2D eigenvalue weighted by molar-refractivity contribution is 7.89. The Hall–Kier alpha value is -2.38. The molecule has 1 heterocycles. The van der Waals surface area contributed by atoms with Crippen LogP contribution in [0.4, 0.5) is 5.69 Å². The predicted molar refractivity (Wildman–Crippen MR) is 123 cm³/mol. The van der Waals surface area contributed by atoms with Crippen molar-refractivity contribution in [2.45, 2.75) is 43.5 Å². The fraction of sp³-hybridized carbons (Fsp3) is 0.458. The van der Waals surface area contributed by atoms with Gasteiger partial charge in [-0.25, -0.2) is 13.1 Å². The molecule has 0 radical (unpaired) electrons. The number of amides is 1. The maximum Gasteiger partial charge on any atom is 0.253 e. The van der Waals surface area contributed by atoms with Crippen LogP contribution in [0.1, 0.15) is 48.0 Å². The number of benzene rings is 2. The van der Waals surface area contributed by atoms with Gasteiger partial charge in [0.1, 0.15) is 0 Å². The molecule has 0 atom stereocenters. The lowest BCUT2D eigenvalue weighted by Crippen LogP contribution is -2.32. The number of carbonyl (C=O) groups is 1. The maximum absolute atomic E-state index is 13.1. The number of hydrogen-bond acceptors (Lipinski definition) is 4. The molecule has 1 amide bonds. The summed E-state index contributed by atoms with van der Waals surface area (Å²) in [6.45, 7) is 3.03. The Labute approximate surface area is 185 Å². The van der Waals surface area contributed by atoms with Crippen molar-refractivity contribution < 1.29 is 13.2 Å². The van der Waals surface area contributed by atoms with Crippen LogP contribution in [0, 0.1) is 5.92 Å². The molecule has 31 heavy (non-hydrogen) atoms. The normalized spacial score (nSPS) is 16.9. The molecule has 0 aromatic heterocycles. The van der Waals surface area contributed by atoms with Crippen molar-refractivity contribution in [2.24, 2.45) is 5.92 Å². The van der Waals surface area contributed by atoms with Gasteiger partial charge in [0.05, 0.1) is 4.90 Å². The second-order valence-corrected chi connectivity index (χ2v) is 10.4. The standard InChI is InChI=1S/C24H31N3O3S/c1-26(18-21-8-3-4-11-23(21)27-14-5-2-6-15-27)24(28)20-9-7-10-22(16-20)31(29,30)25-17-19-12-13-19/h3-4,7-11,16,19,25H,2,5-6,12-15,17-18H2,1H3. The van der Waals surface area contributed by atoms with E-state index in [0.717, 1.165) is 31.5 Å². The molecule has 2 fully saturated rings. The zero-order valence-electron chi connectivity index (χ0n) is 18.1. The van der Waals surface area contributed by atoms with E-state index < -0.39 is 10.0 Å². The van der Waals surface area contributed by atoms with Gasteiger partial charge in [0.2, 0.25) is 10.0 Å². The van der Waals surface area contributed by atoms with Crippen LogP contribution in [0.3, 0.4) is 0 Å². The first-order valence-corrected chi connectivity index (χ1v) is 12.6. The molecule has 1 aliphatic carbocycles. The maximum atomic E-state index is 13.1. The minimum atomic E-state index is -3.60. The van der Waals surface area contributed by atoms with E-state index in [1.807, 2.05) is 12.1 Å². The average molecular weight is 442 g/mol. The number of rotatable bonds is 8. The Kier molecular flexibility index (Phi) is 6.62. The van der Waals surface area contributed by atoms with Crippen molar-refractivity contribution in [3.8, 4) is 0 Å². The zero-order chi connectivity index (χ0) is 21.8. The van der Waals surface area contributed by atoms with Gasteiger partial charge < -0.3 is 9.80 Å². The van der Waals surface area contributed by atoms with E-state index in [2.05, 4.69) is 21.8 Å². The van der Waals surface area contributed by atoms with Crippen molar-refractivity contribution >= 4 is 21.6 Å². The summed E-state index contributed by atoms with van der Waals surface area (Å²) in [7, 11) is -1.84. The molecule has 1 saturated heterocycles. The average Bonchev–Trinajstić information content (AvgIpc) is 3.63. The third-order valence-corrected chi connectivity index (χ3v) is 7.51. The third kappa shape index (κ3) is 5.46. The van der Waals surface area contributed by atoms with Gasteiger partial charge in [-0.3, -0.25) is 4.79 Å². The highest BCUT2D eigenvalue weighted by Gasteiger charge is 2.25. The second-order valence-electron chi connectivity index (χ2n) is 8.66. The fourth-order valence-electron chi connectivity index (χ4n) is 4.06. The lowest BCUT2D eigenvalue weighted by atomic mass is 10.1. The summed E-state index contributed by atoms with van der Waals surface area (Å²) in [6.07, 6.45) is 5.81. The number of para-hydroxylation sites is 1. The molecular weight excluding hydrogens is 410 g/mol. The summed E-state index contributed by atoms with van der Waals surface area (Å²) in [5.41, 5.74) is 2.67. The molecule has 7 heteroatoms. The summed E-state index contributed by atoms with van der Waals surface area (Å²) in [5, 5.41) is 0. The van der Waals surface area contributed by atoms with Crippen molar-refractivity contribution in [1.82, 2.24) is 9.62 Å². The lowest BCUT2D eigenvalue weighted by Gasteiger charge is -2.31. The molecule has 1 N–H and O–H groups in total. The van der Waals surface area contributed by atoms with Crippen molar-refractivity contribution in [1.29, 1.82) is 0 Å². The Morgan fingerprint density at radius 1 is 1.06 bits per heavy atom. The lowest BCUT2D eigenvalue weighted by molar-refractivity contribution is 0.0785. The quantitative estimate of drug-likeness (QED) is 0.679. The number of anilines is 1. The Bertz CT molecular complexity index is 1030. The van der Waals surface area contributed by atoms with E-state index in [1.54, 1.807) is 24.1 Å². The number of carbonyl (C=O) groups excluding carboxylic acids is 1. The SMILES string of the molecule is CN(Cc1ccccc1N1CCCCC1)C(=O)c1cccc(S(=O)(=O)NCC2CC2)c1. The van der Waals surface area contributed by atoms with Crippen LogP contribution in [0.5, 0.6) is 0 Å². The van der Waals surface area contributed by atoms with Gasteiger partial charge in [0, 0.05) is 44.5 Å². The monoisotopic (exact) mass is 441 g/mol. The van der Waals surface area contributed by atoms with Gasteiger partial charge in [-0.1, -0.05) is 24.3 Å². The predicted octanol–water partition coefficient (Wildman–Crippen LogP) is 3.64. The summed E-state index contributed by atoms with van der Waals surface area (Å²) in [5.74, 6) is 0.262. The van der Waals surface area contributed by atoms with E-state index in [-0.39, 0.29) is 10.8 Å². The first-order valence-electron chi connectivity index (χ1n) is 11.1. The number of hydrogen-bond donors (Lipinski definition) is 1. The van der Waals surface area contributed by atoms with Crippen LogP contribution in [0.15, 0.2) is 53.4 Å². The van der Waals surface area contributed by atoms with Crippen LogP contribution in [-0.4, -0.2) is 45.9 Å². The van der Waals surface area contributed by atoms with Gasteiger partial charge in [-0.2, -0.15) is 0 Å². The topological polar surface area (TPSA) is 69.7 Å². The van der Waals surface area contributed by atoms with Gasteiger partial charge >= 0.3 is 0 Å². The molecule has 2 aromatic carbocycles. The van der Waals surface area contributed by atoms with Crippen molar-refractivity contribution in [3.05, 3.63) is 59.7 Å².